The molecular weight excluding hydrogens is 528 g/mol. The number of pyridine rings is 1. The number of aromatic nitrogens is 7. The molecule has 5 rings (SSSR count). The molecule has 0 bridgehead atoms. The van der Waals surface area contributed by atoms with Crippen molar-refractivity contribution >= 4 is 37.5 Å². The van der Waals surface area contributed by atoms with Crippen molar-refractivity contribution in [1.82, 2.24) is 35.8 Å². The maximum Gasteiger partial charge on any atom is 0.157 e. The molecule has 0 aliphatic heterocycles. The van der Waals surface area contributed by atoms with Crippen LogP contribution in [0.1, 0.15) is 5.76 Å². The molecule has 0 fully saturated rings. The smallest absolute Gasteiger partial charge is 0.157 e. The highest BCUT2D eigenvalue weighted by molar-refractivity contribution is 9.10. The summed E-state index contributed by atoms with van der Waals surface area (Å²) < 4.78 is 6.94. The Kier molecular flexibility index (Phi) is 6.85. The molecule has 1 aromatic carbocycles. The molecular formula is C20H16Br2N8O. The van der Waals surface area contributed by atoms with Crippen LogP contribution in [0.2, 0.25) is 0 Å². The Bertz CT molecular complexity index is 1210. The molecule has 0 saturated carbocycles. The minimum atomic E-state index is 0.646. The highest BCUT2D eigenvalue weighted by atomic mass is 79.9. The highest BCUT2D eigenvalue weighted by Gasteiger charge is 2.08. The fraction of sp³-hybridized carbons (Fsp3) is 0.0500. The maximum absolute atomic E-state index is 5.28. The fourth-order valence-corrected chi connectivity index (χ4v) is 3.47. The second kappa shape index (κ2) is 10.1. The maximum atomic E-state index is 5.28. The van der Waals surface area contributed by atoms with Gasteiger partial charge in [-0.2, -0.15) is 25.7 Å². The summed E-state index contributed by atoms with van der Waals surface area (Å²) in [7, 11) is 0. The van der Waals surface area contributed by atoms with Crippen LogP contribution in [0.3, 0.4) is 0 Å². The summed E-state index contributed by atoms with van der Waals surface area (Å²) in [4.78, 5) is 4.13. The van der Waals surface area contributed by atoms with Gasteiger partial charge >= 0.3 is 0 Å². The van der Waals surface area contributed by atoms with Crippen LogP contribution in [0.5, 0.6) is 0 Å². The van der Waals surface area contributed by atoms with Crippen molar-refractivity contribution < 1.29 is 4.42 Å². The van der Waals surface area contributed by atoms with Crippen molar-refractivity contribution in [2.24, 2.45) is 0 Å². The van der Waals surface area contributed by atoms with Crippen molar-refractivity contribution in [3.8, 4) is 22.6 Å². The second-order valence-corrected chi connectivity index (χ2v) is 7.77. The molecule has 31 heavy (non-hydrogen) atoms. The molecule has 0 radical (unpaired) electrons. The second-order valence-electron chi connectivity index (χ2n) is 6.16. The van der Waals surface area contributed by atoms with Crippen molar-refractivity contribution in [3.63, 3.8) is 0 Å². The number of aromatic amines is 2. The largest absolute Gasteiger partial charge is 0.467 e. The Labute approximate surface area is 194 Å². The summed E-state index contributed by atoms with van der Waals surface area (Å²) in [5, 5.41) is 24.1. The first-order valence-corrected chi connectivity index (χ1v) is 10.7. The minimum Gasteiger partial charge on any atom is -0.467 e. The summed E-state index contributed by atoms with van der Waals surface area (Å²) >= 11 is 6.77. The van der Waals surface area contributed by atoms with E-state index in [1.165, 1.54) is 0 Å². The van der Waals surface area contributed by atoms with E-state index in [9.17, 15) is 0 Å². The van der Waals surface area contributed by atoms with Gasteiger partial charge in [-0.3, -0.25) is 4.98 Å². The van der Waals surface area contributed by atoms with Gasteiger partial charge in [0.05, 0.1) is 24.7 Å². The van der Waals surface area contributed by atoms with Crippen LogP contribution in [0.15, 0.2) is 80.7 Å². The first kappa shape index (κ1) is 20.9. The van der Waals surface area contributed by atoms with Gasteiger partial charge in [0.15, 0.2) is 4.60 Å². The molecule has 0 spiro atoms. The monoisotopic (exact) mass is 542 g/mol. The zero-order valence-corrected chi connectivity index (χ0v) is 19.1. The van der Waals surface area contributed by atoms with Gasteiger partial charge in [-0.25, -0.2) is 0 Å². The highest BCUT2D eigenvalue weighted by Crippen LogP contribution is 2.29. The summed E-state index contributed by atoms with van der Waals surface area (Å²) in [6.45, 7) is 0.646. The van der Waals surface area contributed by atoms with Crippen LogP contribution in [0.25, 0.3) is 22.6 Å². The first-order chi connectivity index (χ1) is 15.2. The Morgan fingerprint density at radius 2 is 1.87 bits per heavy atom. The zero-order valence-electron chi connectivity index (χ0n) is 16.0. The van der Waals surface area contributed by atoms with Crippen LogP contribution < -0.4 is 5.32 Å². The number of anilines is 1. The lowest BCUT2D eigenvalue weighted by atomic mass is 10.1. The summed E-state index contributed by atoms with van der Waals surface area (Å²) in [6.07, 6.45) is 5.08. The third kappa shape index (κ3) is 5.44. The first-order valence-electron chi connectivity index (χ1n) is 9.10. The average molecular weight is 544 g/mol. The van der Waals surface area contributed by atoms with Gasteiger partial charge in [-0.15, -0.1) is 5.10 Å². The Morgan fingerprint density at radius 3 is 2.55 bits per heavy atom. The molecule has 3 N–H and O–H groups in total. The van der Waals surface area contributed by atoms with Crippen molar-refractivity contribution in [3.05, 3.63) is 82.0 Å². The van der Waals surface area contributed by atoms with E-state index in [0.717, 1.165) is 38.6 Å². The van der Waals surface area contributed by atoms with Crippen LogP contribution in [0.4, 0.5) is 5.69 Å². The molecule has 0 aliphatic carbocycles. The minimum absolute atomic E-state index is 0.646. The molecule has 4 aromatic heterocycles. The van der Waals surface area contributed by atoms with Gasteiger partial charge in [0, 0.05) is 21.9 Å². The molecule has 4 heterocycles. The SMILES string of the molecule is Brc1ccc(NCc2ccco2)cc1-c1cn[nH]n1.Brc1n[nH]nc1-c1ccccn1. The van der Waals surface area contributed by atoms with E-state index in [0.29, 0.717) is 11.1 Å². The van der Waals surface area contributed by atoms with E-state index < -0.39 is 0 Å². The van der Waals surface area contributed by atoms with Crippen molar-refractivity contribution in [2.45, 2.75) is 6.54 Å². The normalized spacial score (nSPS) is 10.4. The Morgan fingerprint density at radius 1 is 0.935 bits per heavy atom. The topological polar surface area (TPSA) is 121 Å². The van der Waals surface area contributed by atoms with Crippen molar-refractivity contribution in [1.29, 1.82) is 0 Å². The predicted octanol–water partition coefficient (Wildman–Crippen LogP) is 5.07. The standard InChI is InChI=1S/C13H11BrN4O.C7H5BrN4/c14-12-4-3-9(15-7-10-2-1-5-19-10)6-11(12)13-8-16-18-17-13;8-7-6(10-12-11-7)5-3-1-2-4-9-5/h1-6,8,15H,7H2,(H,16,17,18);1-4H,(H,10,11,12). The van der Waals surface area contributed by atoms with Gasteiger partial charge in [-0.1, -0.05) is 22.0 Å². The number of hydrogen-bond donors (Lipinski definition) is 3. The lowest BCUT2D eigenvalue weighted by molar-refractivity contribution is 0.518. The molecule has 9 nitrogen and oxygen atoms in total. The van der Waals surface area contributed by atoms with Gasteiger partial charge < -0.3 is 9.73 Å². The average Bonchev–Trinajstić information content (AvgIpc) is 3.57. The lowest BCUT2D eigenvalue weighted by Gasteiger charge is -2.07. The molecule has 5 aromatic rings. The molecule has 0 aliphatic rings. The summed E-state index contributed by atoms with van der Waals surface area (Å²) in [5.74, 6) is 0.894. The van der Waals surface area contributed by atoms with Gasteiger partial charge in [0.1, 0.15) is 17.1 Å². The number of hydrogen-bond acceptors (Lipinski definition) is 7. The van der Waals surface area contributed by atoms with Crippen LogP contribution >= 0.6 is 31.9 Å². The Balaban J connectivity index is 0.000000166. The van der Waals surface area contributed by atoms with Crippen LogP contribution in [-0.4, -0.2) is 35.8 Å². The molecule has 0 saturated heterocycles. The Hall–Kier alpha value is -3.31. The quantitative estimate of drug-likeness (QED) is 0.283. The number of nitrogens with one attached hydrogen (secondary N) is 3. The molecule has 0 amide bonds. The summed E-state index contributed by atoms with van der Waals surface area (Å²) in [5.41, 5.74) is 4.32. The number of nitrogens with zero attached hydrogens (tertiary/aromatic N) is 5. The zero-order chi connectivity index (χ0) is 21.5. The van der Waals surface area contributed by atoms with Gasteiger partial charge in [0.25, 0.3) is 0 Å². The third-order valence-electron chi connectivity index (χ3n) is 4.12. The van der Waals surface area contributed by atoms with E-state index in [1.54, 1.807) is 18.7 Å². The third-order valence-corrected chi connectivity index (χ3v) is 5.36. The fourth-order valence-electron chi connectivity index (χ4n) is 2.65. The lowest BCUT2D eigenvalue weighted by Crippen LogP contribution is -1.98. The van der Waals surface area contributed by atoms with Gasteiger partial charge in [0.2, 0.25) is 0 Å². The summed E-state index contributed by atoms with van der Waals surface area (Å²) in [6, 6.07) is 15.4. The van der Waals surface area contributed by atoms with E-state index in [4.69, 9.17) is 4.42 Å². The van der Waals surface area contributed by atoms with Gasteiger partial charge in [-0.05, 0) is 58.4 Å². The van der Waals surface area contributed by atoms with E-state index >= 15 is 0 Å². The van der Waals surface area contributed by atoms with Crippen molar-refractivity contribution in [2.75, 3.05) is 5.32 Å². The number of H-pyrrole nitrogens is 2. The molecule has 11 heteroatoms. The molecule has 0 unspecified atom stereocenters. The van der Waals surface area contributed by atoms with E-state index in [1.807, 2.05) is 48.5 Å². The van der Waals surface area contributed by atoms with E-state index in [2.05, 4.69) is 73.0 Å². The number of benzene rings is 1. The molecule has 0 atom stereocenters. The predicted molar refractivity (Wildman–Crippen MR) is 123 cm³/mol. The molecule has 156 valence electrons. The van der Waals surface area contributed by atoms with E-state index in [-0.39, 0.29) is 0 Å². The number of halogens is 2. The number of furan rings is 1. The van der Waals surface area contributed by atoms with Crippen LogP contribution in [-0.2, 0) is 6.54 Å². The van der Waals surface area contributed by atoms with Crippen LogP contribution in [0, 0.1) is 0 Å². The number of rotatable bonds is 5.